The van der Waals surface area contributed by atoms with E-state index in [0.717, 1.165) is 0 Å². The van der Waals surface area contributed by atoms with Crippen LogP contribution in [-0.2, 0) is 0 Å². The van der Waals surface area contributed by atoms with Gasteiger partial charge in [0, 0.05) is 17.7 Å². The summed E-state index contributed by atoms with van der Waals surface area (Å²) in [7, 11) is 2.97. The van der Waals surface area contributed by atoms with Crippen LogP contribution in [0.4, 0.5) is 17.1 Å². The Balaban J connectivity index is 1.65. The van der Waals surface area contributed by atoms with Gasteiger partial charge in [-0.3, -0.25) is 9.59 Å². The number of ether oxygens (including phenoxy) is 2. The van der Waals surface area contributed by atoms with E-state index in [0.29, 0.717) is 39.8 Å². The monoisotopic (exact) mass is 476 g/mol. The second-order valence-corrected chi connectivity index (χ2v) is 7.50. The molecule has 0 aliphatic carbocycles. The number of para-hydroxylation sites is 1. The van der Waals surface area contributed by atoms with Crippen molar-refractivity contribution in [2.24, 2.45) is 0 Å². The predicted octanol–water partition coefficient (Wildman–Crippen LogP) is 4.90. The molecule has 0 radical (unpaired) electrons. The maximum Gasteiger partial charge on any atom is 0.292 e. The Hall–Kier alpha value is -4.30. The second kappa shape index (κ2) is 10.1. The lowest BCUT2D eigenvalue weighted by molar-refractivity contribution is 0.102. The average molecular weight is 477 g/mol. The lowest BCUT2D eigenvalue weighted by atomic mass is 10.2. The van der Waals surface area contributed by atoms with Gasteiger partial charge in [0.25, 0.3) is 11.5 Å². The van der Waals surface area contributed by atoms with Crippen molar-refractivity contribution in [3.05, 3.63) is 99.9 Å². The minimum atomic E-state index is -0.476. The second-order valence-electron chi connectivity index (χ2n) is 7.12. The number of rotatable bonds is 7. The highest BCUT2D eigenvalue weighted by atomic mass is 35.5. The largest absolute Gasteiger partial charge is 0.494 e. The van der Waals surface area contributed by atoms with Gasteiger partial charge in [0.1, 0.15) is 16.5 Å². The van der Waals surface area contributed by atoms with Crippen LogP contribution in [0.2, 0.25) is 5.02 Å². The van der Waals surface area contributed by atoms with Crippen molar-refractivity contribution >= 4 is 34.6 Å². The molecule has 2 N–H and O–H groups in total. The molecule has 4 aromatic rings. The van der Waals surface area contributed by atoms with Crippen LogP contribution >= 0.6 is 11.6 Å². The van der Waals surface area contributed by atoms with Gasteiger partial charge in [0.15, 0.2) is 0 Å². The number of carbonyl (C=O) groups excluding carboxylic acids is 1. The number of benzene rings is 3. The Morgan fingerprint density at radius 1 is 0.882 bits per heavy atom. The van der Waals surface area contributed by atoms with E-state index >= 15 is 0 Å². The van der Waals surface area contributed by atoms with Crippen LogP contribution in [-0.4, -0.2) is 29.9 Å². The summed E-state index contributed by atoms with van der Waals surface area (Å²) >= 11 is 6.37. The molecule has 0 atom stereocenters. The van der Waals surface area contributed by atoms with Crippen molar-refractivity contribution < 1.29 is 14.3 Å². The third-order valence-corrected chi connectivity index (χ3v) is 5.36. The molecule has 4 rings (SSSR count). The van der Waals surface area contributed by atoms with Crippen molar-refractivity contribution in [3.63, 3.8) is 0 Å². The van der Waals surface area contributed by atoms with Crippen molar-refractivity contribution in [2.45, 2.75) is 0 Å². The van der Waals surface area contributed by atoms with Crippen molar-refractivity contribution in [1.82, 2.24) is 9.78 Å². The zero-order valence-corrected chi connectivity index (χ0v) is 19.2. The number of halogens is 1. The minimum absolute atomic E-state index is 0.0404. The Morgan fingerprint density at radius 3 is 2.12 bits per heavy atom. The highest BCUT2D eigenvalue weighted by molar-refractivity contribution is 6.33. The van der Waals surface area contributed by atoms with Gasteiger partial charge in [-0.2, -0.15) is 9.78 Å². The van der Waals surface area contributed by atoms with Gasteiger partial charge in [-0.05, 0) is 24.3 Å². The molecule has 0 spiro atoms. The smallest absolute Gasteiger partial charge is 0.292 e. The van der Waals surface area contributed by atoms with E-state index in [1.165, 1.54) is 25.1 Å². The lowest BCUT2D eigenvalue weighted by Gasteiger charge is -2.17. The molecule has 0 unspecified atom stereocenters. The first-order valence-electron chi connectivity index (χ1n) is 10.2. The average Bonchev–Trinajstić information content (AvgIpc) is 2.88. The van der Waals surface area contributed by atoms with E-state index < -0.39 is 5.56 Å². The summed E-state index contributed by atoms with van der Waals surface area (Å²) in [4.78, 5) is 25.4. The van der Waals surface area contributed by atoms with E-state index in [1.54, 1.807) is 60.7 Å². The molecule has 3 aromatic carbocycles. The Kier molecular flexibility index (Phi) is 6.79. The zero-order valence-electron chi connectivity index (χ0n) is 18.4. The van der Waals surface area contributed by atoms with Crippen LogP contribution in [0.5, 0.6) is 11.5 Å². The van der Waals surface area contributed by atoms with Crippen molar-refractivity contribution in [2.75, 3.05) is 24.9 Å². The van der Waals surface area contributed by atoms with Crippen LogP contribution in [0.25, 0.3) is 5.69 Å². The number of nitrogens with one attached hydrogen (secondary N) is 2. The summed E-state index contributed by atoms with van der Waals surface area (Å²) in [6.07, 6.45) is 1.45. The van der Waals surface area contributed by atoms with Crippen LogP contribution < -0.4 is 25.7 Å². The van der Waals surface area contributed by atoms with Gasteiger partial charge < -0.3 is 20.1 Å². The molecule has 8 nitrogen and oxygen atoms in total. The SMILES string of the molecule is COc1cc(Nc2cnn(-c3ccccc3)c(=O)c2Cl)c(OC)cc1NC(=O)c1ccccc1. The summed E-state index contributed by atoms with van der Waals surface area (Å²) in [6, 6.07) is 21.0. The molecule has 34 heavy (non-hydrogen) atoms. The number of anilines is 3. The molecule has 172 valence electrons. The summed E-state index contributed by atoms with van der Waals surface area (Å²) in [5.74, 6) is 0.486. The standard InChI is InChI=1S/C25H21ClN4O4/c1-33-21-14-19(29-24(31)16-9-5-3-6-10-16)22(34-2)13-18(21)28-20-15-27-30(25(32)23(20)26)17-11-7-4-8-12-17/h3-15,28H,1-2H3,(H,29,31). The van der Waals surface area contributed by atoms with Gasteiger partial charge in [-0.25, -0.2) is 0 Å². The first-order valence-corrected chi connectivity index (χ1v) is 10.6. The Labute approximate surface area is 200 Å². The molecule has 9 heteroatoms. The Morgan fingerprint density at radius 2 is 1.47 bits per heavy atom. The van der Waals surface area contributed by atoms with E-state index in [1.807, 2.05) is 12.1 Å². The summed E-state index contributed by atoms with van der Waals surface area (Å²) in [5, 5.41) is 10.1. The number of hydrogen-bond acceptors (Lipinski definition) is 6. The molecule has 1 aromatic heterocycles. The summed E-state index contributed by atoms with van der Waals surface area (Å²) in [5.41, 5.74) is 1.80. The van der Waals surface area contributed by atoms with Crippen molar-refractivity contribution in [1.29, 1.82) is 0 Å². The number of amides is 1. The Bertz CT molecular complexity index is 1380. The third-order valence-electron chi connectivity index (χ3n) is 4.99. The molecule has 0 aliphatic heterocycles. The molecule has 1 amide bonds. The first-order chi connectivity index (χ1) is 16.5. The van der Waals surface area contributed by atoms with Gasteiger partial charge >= 0.3 is 0 Å². The van der Waals surface area contributed by atoms with E-state index in [9.17, 15) is 9.59 Å². The van der Waals surface area contributed by atoms with E-state index in [2.05, 4.69) is 15.7 Å². The molecule has 0 saturated carbocycles. The first kappa shape index (κ1) is 22.9. The third kappa shape index (κ3) is 4.72. The van der Waals surface area contributed by atoms with E-state index in [-0.39, 0.29) is 10.9 Å². The van der Waals surface area contributed by atoms with E-state index in [4.69, 9.17) is 21.1 Å². The highest BCUT2D eigenvalue weighted by Gasteiger charge is 2.17. The van der Waals surface area contributed by atoms with Gasteiger partial charge in [-0.1, -0.05) is 48.0 Å². The fourth-order valence-corrected chi connectivity index (χ4v) is 3.47. The quantitative estimate of drug-likeness (QED) is 0.394. The predicted molar refractivity (Wildman–Crippen MR) is 132 cm³/mol. The van der Waals surface area contributed by atoms with Gasteiger partial charge in [0.2, 0.25) is 0 Å². The zero-order chi connectivity index (χ0) is 24.1. The highest BCUT2D eigenvalue weighted by Crippen LogP contribution is 2.38. The maximum atomic E-state index is 12.8. The minimum Gasteiger partial charge on any atom is -0.494 e. The normalized spacial score (nSPS) is 10.4. The summed E-state index contributed by atoms with van der Waals surface area (Å²) < 4.78 is 12.2. The van der Waals surface area contributed by atoms with Crippen LogP contribution in [0.3, 0.4) is 0 Å². The van der Waals surface area contributed by atoms with Crippen LogP contribution in [0.1, 0.15) is 10.4 Å². The fraction of sp³-hybridized carbons (Fsp3) is 0.0800. The van der Waals surface area contributed by atoms with Crippen LogP contribution in [0, 0.1) is 0 Å². The molecule has 1 heterocycles. The number of nitrogens with zero attached hydrogens (tertiary/aromatic N) is 2. The summed E-state index contributed by atoms with van der Waals surface area (Å²) in [6.45, 7) is 0. The molecular weight excluding hydrogens is 456 g/mol. The molecule has 0 saturated heterocycles. The molecule has 0 aliphatic rings. The van der Waals surface area contributed by atoms with Crippen LogP contribution in [0.15, 0.2) is 83.8 Å². The number of aromatic nitrogens is 2. The molecular formula is C25H21ClN4O4. The number of hydrogen-bond donors (Lipinski definition) is 2. The van der Waals surface area contributed by atoms with Gasteiger partial charge in [0.05, 0.1) is 43.2 Å². The molecule has 0 fully saturated rings. The number of methoxy groups -OCH3 is 2. The number of carbonyl (C=O) groups is 1. The topological polar surface area (TPSA) is 94.5 Å². The molecule has 0 bridgehead atoms. The van der Waals surface area contributed by atoms with Crippen molar-refractivity contribution in [3.8, 4) is 17.2 Å². The fourth-order valence-electron chi connectivity index (χ4n) is 3.30. The lowest BCUT2D eigenvalue weighted by Crippen LogP contribution is -2.22. The van der Waals surface area contributed by atoms with Gasteiger partial charge in [-0.15, -0.1) is 0 Å². The maximum absolute atomic E-state index is 12.8.